The molecule has 0 N–H and O–H groups in total. The minimum atomic E-state index is -0.846. The molecule has 1 heterocycles. The summed E-state index contributed by atoms with van der Waals surface area (Å²) in [6, 6.07) is 12.2. The van der Waals surface area contributed by atoms with Crippen LogP contribution in [0, 0.1) is 5.82 Å². The number of halogens is 2. The highest BCUT2D eigenvalue weighted by Gasteiger charge is 2.26. The van der Waals surface area contributed by atoms with Crippen molar-refractivity contribution in [2.75, 3.05) is 0 Å². The zero-order valence-electron chi connectivity index (χ0n) is 13.9. The number of carbonyl (C=O) groups is 1. The molecule has 4 rings (SSSR count). The molecule has 0 radical (unpaired) electrons. The van der Waals surface area contributed by atoms with Crippen LogP contribution in [-0.4, -0.2) is 14.8 Å². The number of hydrogen-bond donors (Lipinski definition) is 0. The first kappa shape index (κ1) is 16.8. The Bertz CT molecular complexity index is 952. The third-order valence-corrected chi connectivity index (χ3v) is 4.58. The fourth-order valence-corrected chi connectivity index (χ4v) is 2.95. The van der Waals surface area contributed by atoms with Crippen molar-refractivity contribution in [3.8, 4) is 11.4 Å². The molecule has 0 bridgehead atoms. The lowest BCUT2D eigenvalue weighted by Gasteiger charge is -2.14. The molecule has 0 spiro atoms. The summed E-state index contributed by atoms with van der Waals surface area (Å²) < 4.78 is 21.8. The maximum absolute atomic E-state index is 14.3. The number of hydrogen-bond acceptors (Lipinski definition) is 3. The topological polar surface area (TPSA) is 44.1 Å². The van der Waals surface area contributed by atoms with Gasteiger partial charge in [0.2, 0.25) is 0 Å². The monoisotopic (exact) mass is 370 g/mol. The minimum absolute atomic E-state index is 0.185. The summed E-state index contributed by atoms with van der Waals surface area (Å²) >= 11 is 5.51. The average Bonchev–Trinajstić information content (AvgIpc) is 3.38. The normalized spacial score (nSPS) is 13.6. The smallest absolute Gasteiger partial charge is 0.255 e. The van der Waals surface area contributed by atoms with Gasteiger partial charge in [0.1, 0.15) is 18.2 Å². The van der Waals surface area contributed by atoms with E-state index in [1.807, 2.05) is 36.5 Å². The van der Waals surface area contributed by atoms with E-state index in [1.54, 1.807) is 10.9 Å². The number of ether oxygens (including phenoxy) is 1. The van der Waals surface area contributed by atoms with E-state index in [1.165, 1.54) is 12.1 Å². The standard InChI is InChI=1S/C20H16ClFN2O2/c21-20(25)15-8-18(24-10-17(23-12-24)14-6-7-14)19(9-16(15)22)26-11-13-4-2-1-3-5-13/h1-5,8-10,12,14H,6-7,11H2. The van der Waals surface area contributed by atoms with Crippen LogP contribution in [0.15, 0.2) is 55.0 Å². The van der Waals surface area contributed by atoms with Gasteiger partial charge < -0.3 is 9.30 Å². The van der Waals surface area contributed by atoms with Crippen LogP contribution in [0.4, 0.5) is 4.39 Å². The van der Waals surface area contributed by atoms with E-state index in [2.05, 4.69) is 4.98 Å². The van der Waals surface area contributed by atoms with Crippen molar-refractivity contribution >= 4 is 16.8 Å². The predicted octanol–water partition coefficient (Wildman–Crippen LogP) is 4.85. The Labute approximate surface area is 155 Å². The predicted molar refractivity (Wildman–Crippen MR) is 96.5 cm³/mol. The second-order valence-corrected chi connectivity index (χ2v) is 6.67. The molecule has 0 aliphatic heterocycles. The molecule has 1 saturated carbocycles. The fraction of sp³-hybridized carbons (Fsp3) is 0.200. The lowest BCUT2D eigenvalue weighted by molar-refractivity contribution is 0.107. The van der Waals surface area contributed by atoms with Gasteiger partial charge in [-0.05, 0) is 36.1 Å². The lowest BCUT2D eigenvalue weighted by atomic mass is 10.1. The van der Waals surface area contributed by atoms with Gasteiger partial charge in [-0.2, -0.15) is 0 Å². The van der Waals surface area contributed by atoms with Gasteiger partial charge in [-0.1, -0.05) is 30.3 Å². The van der Waals surface area contributed by atoms with Crippen molar-refractivity contribution in [3.05, 3.63) is 77.6 Å². The van der Waals surface area contributed by atoms with Crippen molar-refractivity contribution in [2.45, 2.75) is 25.4 Å². The van der Waals surface area contributed by atoms with Gasteiger partial charge in [-0.3, -0.25) is 4.79 Å². The van der Waals surface area contributed by atoms with Gasteiger partial charge in [0.25, 0.3) is 5.24 Å². The molecule has 0 unspecified atom stereocenters. The molecular weight excluding hydrogens is 355 g/mol. The molecule has 26 heavy (non-hydrogen) atoms. The van der Waals surface area contributed by atoms with Crippen LogP contribution in [0.2, 0.25) is 0 Å². The summed E-state index contributed by atoms with van der Waals surface area (Å²) in [6.07, 6.45) is 5.80. The van der Waals surface area contributed by atoms with Crippen molar-refractivity contribution in [1.82, 2.24) is 9.55 Å². The number of carbonyl (C=O) groups excluding carboxylic acids is 1. The van der Waals surface area contributed by atoms with E-state index < -0.39 is 11.1 Å². The number of rotatable bonds is 6. The van der Waals surface area contributed by atoms with Crippen molar-refractivity contribution < 1.29 is 13.9 Å². The highest BCUT2D eigenvalue weighted by molar-refractivity contribution is 6.67. The fourth-order valence-electron chi connectivity index (χ4n) is 2.81. The molecule has 6 heteroatoms. The van der Waals surface area contributed by atoms with E-state index in [0.29, 0.717) is 17.4 Å². The molecular formula is C20H16ClFN2O2. The maximum Gasteiger partial charge on any atom is 0.255 e. The average molecular weight is 371 g/mol. The molecule has 0 amide bonds. The highest BCUT2D eigenvalue weighted by atomic mass is 35.5. The van der Waals surface area contributed by atoms with Crippen LogP contribution < -0.4 is 4.74 Å². The zero-order chi connectivity index (χ0) is 18.1. The Morgan fingerprint density at radius 3 is 2.73 bits per heavy atom. The molecule has 3 aromatic rings. The van der Waals surface area contributed by atoms with Crippen LogP contribution in [0.5, 0.6) is 5.75 Å². The SMILES string of the molecule is O=C(Cl)c1cc(-n2cnc(C3CC3)c2)c(OCc2ccccc2)cc1F. The van der Waals surface area contributed by atoms with Crippen molar-refractivity contribution in [3.63, 3.8) is 0 Å². The van der Waals surface area contributed by atoms with E-state index in [4.69, 9.17) is 16.3 Å². The van der Waals surface area contributed by atoms with E-state index in [-0.39, 0.29) is 12.2 Å². The summed E-state index contributed by atoms with van der Waals surface area (Å²) in [6.45, 7) is 0.283. The lowest BCUT2D eigenvalue weighted by Crippen LogP contribution is -2.04. The van der Waals surface area contributed by atoms with Gasteiger partial charge >= 0.3 is 0 Å². The third-order valence-electron chi connectivity index (χ3n) is 4.37. The van der Waals surface area contributed by atoms with Crippen LogP contribution >= 0.6 is 11.6 Å². The Hall–Kier alpha value is -2.66. The largest absolute Gasteiger partial charge is 0.487 e. The van der Waals surface area contributed by atoms with Crippen LogP contribution in [0.3, 0.4) is 0 Å². The number of aromatic nitrogens is 2. The van der Waals surface area contributed by atoms with Gasteiger partial charge in [0, 0.05) is 18.2 Å². The van der Waals surface area contributed by atoms with E-state index in [0.717, 1.165) is 24.1 Å². The van der Waals surface area contributed by atoms with E-state index >= 15 is 0 Å². The first-order valence-electron chi connectivity index (χ1n) is 8.36. The maximum atomic E-state index is 14.3. The molecule has 132 valence electrons. The van der Waals surface area contributed by atoms with Gasteiger partial charge in [-0.15, -0.1) is 0 Å². The first-order chi connectivity index (χ1) is 12.6. The van der Waals surface area contributed by atoms with E-state index in [9.17, 15) is 9.18 Å². The summed E-state index contributed by atoms with van der Waals surface area (Å²) in [7, 11) is 0. The quantitative estimate of drug-likeness (QED) is 0.583. The molecule has 0 atom stereocenters. The summed E-state index contributed by atoms with van der Waals surface area (Å²) in [4.78, 5) is 15.9. The molecule has 1 aromatic heterocycles. The molecule has 0 saturated heterocycles. The Morgan fingerprint density at radius 2 is 2.04 bits per heavy atom. The number of benzene rings is 2. The highest BCUT2D eigenvalue weighted by Crippen LogP contribution is 2.39. The Kier molecular flexibility index (Phi) is 4.47. The van der Waals surface area contributed by atoms with Crippen LogP contribution in [0.25, 0.3) is 5.69 Å². The molecule has 1 aliphatic carbocycles. The van der Waals surface area contributed by atoms with Crippen LogP contribution in [-0.2, 0) is 6.61 Å². The zero-order valence-corrected chi connectivity index (χ0v) is 14.6. The molecule has 2 aromatic carbocycles. The van der Waals surface area contributed by atoms with Gasteiger partial charge in [0.15, 0.2) is 0 Å². The minimum Gasteiger partial charge on any atom is -0.487 e. The third kappa shape index (κ3) is 3.48. The summed E-state index contributed by atoms with van der Waals surface area (Å²) in [5, 5.41) is -0.846. The number of nitrogens with zero attached hydrogens (tertiary/aromatic N) is 2. The molecule has 4 nitrogen and oxygen atoms in total. The second kappa shape index (κ2) is 6.92. The van der Waals surface area contributed by atoms with Gasteiger partial charge in [-0.25, -0.2) is 9.37 Å². The summed E-state index contributed by atoms with van der Waals surface area (Å²) in [5.74, 6) is 0.103. The Balaban J connectivity index is 1.70. The molecule has 1 fully saturated rings. The molecule has 1 aliphatic rings. The van der Waals surface area contributed by atoms with Crippen molar-refractivity contribution in [2.24, 2.45) is 0 Å². The van der Waals surface area contributed by atoms with Crippen molar-refractivity contribution in [1.29, 1.82) is 0 Å². The second-order valence-electron chi connectivity index (χ2n) is 6.33. The number of imidazole rings is 1. The van der Waals surface area contributed by atoms with Gasteiger partial charge in [0.05, 0.1) is 23.3 Å². The Morgan fingerprint density at radius 1 is 1.27 bits per heavy atom. The first-order valence-corrected chi connectivity index (χ1v) is 8.74. The summed E-state index contributed by atoms with van der Waals surface area (Å²) in [5.41, 5.74) is 2.30. The van der Waals surface area contributed by atoms with Crippen LogP contribution in [0.1, 0.15) is 40.4 Å².